The number of halogens is 1. The predicted molar refractivity (Wildman–Crippen MR) is 151 cm³/mol. The topological polar surface area (TPSA) is 98.5 Å². The molecule has 0 unspecified atom stereocenters. The summed E-state index contributed by atoms with van der Waals surface area (Å²) in [4.78, 5) is 15.5. The molecule has 11 heteroatoms. The van der Waals surface area contributed by atoms with Gasteiger partial charge >= 0.3 is 0 Å². The number of furan rings is 1. The van der Waals surface area contributed by atoms with Crippen LogP contribution in [0.2, 0.25) is 5.02 Å². The molecule has 0 spiro atoms. The molecule has 3 aromatic rings. The molecule has 1 aliphatic rings. The van der Waals surface area contributed by atoms with E-state index in [-0.39, 0.29) is 36.5 Å². The summed E-state index contributed by atoms with van der Waals surface area (Å²) in [5, 5.41) is 0.427. The third-order valence-electron chi connectivity index (χ3n) is 6.81. The quantitative estimate of drug-likeness (QED) is 0.284. The Morgan fingerprint density at radius 1 is 1.05 bits per heavy atom. The van der Waals surface area contributed by atoms with Gasteiger partial charge in [-0.25, -0.2) is 8.42 Å². The maximum atomic E-state index is 13.8. The molecule has 0 saturated carbocycles. The second-order valence-corrected chi connectivity index (χ2v) is 12.0. The van der Waals surface area contributed by atoms with Gasteiger partial charge in [-0.2, -0.15) is 4.31 Å². The Balaban J connectivity index is 1.57. The van der Waals surface area contributed by atoms with Crippen molar-refractivity contribution in [2.45, 2.75) is 43.7 Å². The first-order valence-corrected chi connectivity index (χ1v) is 14.9. The lowest BCUT2D eigenvalue weighted by molar-refractivity contribution is -0.132. The highest BCUT2D eigenvalue weighted by Gasteiger charge is 2.32. The number of ether oxygens (including phenoxy) is 3. The van der Waals surface area contributed by atoms with Crippen LogP contribution in [0.5, 0.6) is 11.5 Å². The van der Waals surface area contributed by atoms with Crippen molar-refractivity contribution >= 4 is 27.5 Å². The number of amides is 1. The van der Waals surface area contributed by atoms with Gasteiger partial charge in [0.2, 0.25) is 15.9 Å². The van der Waals surface area contributed by atoms with Crippen LogP contribution in [-0.4, -0.2) is 70.1 Å². The molecular formula is C29H35ClN2O7S. The van der Waals surface area contributed by atoms with E-state index < -0.39 is 10.0 Å². The molecule has 2 aromatic carbocycles. The Labute approximate surface area is 240 Å². The first kappa shape index (κ1) is 29.9. The first-order valence-electron chi connectivity index (χ1n) is 13.1. The van der Waals surface area contributed by atoms with Crippen molar-refractivity contribution in [3.63, 3.8) is 0 Å². The summed E-state index contributed by atoms with van der Waals surface area (Å²) in [6.07, 6.45) is 1.82. The zero-order valence-electron chi connectivity index (χ0n) is 23.0. The van der Waals surface area contributed by atoms with E-state index in [0.717, 1.165) is 24.2 Å². The normalized spacial score (nSPS) is 15.4. The second kappa shape index (κ2) is 13.5. The van der Waals surface area contributed by atoms with E-state index in [0.29, 0.717) is 41.9 Å². The van der Waals surface area contributed by atoms with E-state index in [9.17, 15) is 13.2 Å². The molecule has 1 fully saturated rings. The molecule has 216 valence electrons. The number of carbonyl (C=O) groups excluding carboxylic acids is 1. The van der Waals surface area contributed by atoms with Crippen molar-refractivity contribution < 1.29 is 31.8 Å². The number of rotatable bonds is 13. The molecule has 9 nitrogen and oxygen atoms in total. The van der Waals surface area contributed by atoms with Crippen molar-refractivity contribution in [1.82, 2.24) is 9.21 Å². The van der Waals surface area contributed by atoms with Crippen LogP contribution in [0.3, 0.4) is 0 Å². The van der Waals surface area contributed by atoms with Gasteiger partial charge in [0.05, 0.1) is 38.3 Å². The van der Waals surface area contributed by atoms with E-state index in [2.05, 4.69) is 0 Å². The van der Waals surface area contributed by atoms with Crippen LogP contribution in [0.25, 0.3) is 0 Å². The number of methoxy groups -OCH3 is 2. The minimum Gasteiger partial charge on any atom is -0.493 e. The average Bonchev–Trinajstić information content (AvgIpc) is 3.62. The average molecular weight is 591 g/mol. The summed E-state index contributed by atoms with van der Waals surface area (Å²) in [6.45, 7) is 2.69. The molecule has 0 bridgehead atoms. The third kappa shape index (κ3) is 7.57. The van der Waals surface area contributed by atoms with Gasteiger partial charge in [0.25, 0.3) is 0 Å². The van der Waals surface area contributed by atoms with Crippen LogP contribution in [0.1, 0.15) is 29.9 Å². The lowest BCUT2D eigenvalue weighted by Gasteiger charge is -2.28. The zero-order valence-corrected chi connectivity index (χ0v) is 24.5. The van der Waals surface area contributed by atoms with Gasteiger partial charge < -0.3 is 23.5 Å². The summed E-state index contributed by atoms with van der Waals surface area (Å²) in [5.41, 5.74) is 0.941. The molecular weight excluding hydrogens is 556 g/mol. The van der Waals surface area contributed by atoms with Crippen LogP contribution >= 0.6 is 11.6 Å². The minimum absolute atomic E-state index is 0.0706. The number of benzene rings is 2. The molecule has 0 radical (unpaired) electrons. The molecule has 1 aliphatic heterocycles. The fourth-order valence-corrected chi connectivity index (χ4v) is 6.17. The Bertz CT molecular complexity index is 1390. The molecule has 1 saturated heterocycles. The Morgan fingerprint density at radius 3 is 2.42 bits per heavy atom. The number of sulfonamides is 1. The Morgan fingerprint density at radius 2 is 1.80 bits per heavy atom. The largest absolute Gasteiger partial charge is 0.493 e. The van der Waals surface area contributed by atoms with Gasteiger partial charge in [-0.3, -0.25) is 4.79 Å². The first-order chi connectivity index (χ1) is 19.2. The SMILES string of the molecule is COc1ccc(CCN(Cc2ccc(C)o2)C(=O)CN(C[C@H]2CCCO2)S(=O)(=O)c2ccc(Cl)cc2)cc1OC. The van der Waals surface area contributed by atoms with E-state index in [1.165, 1.54) is 28.6 Å². The van der Waals surface area contributed by atoms with Gasteiger partial charge in [0.1, 0.15) is 11.5 Å². The van der Waals surface area contributed by atoms with E-state index in [1.54, 1.807) is 19.1 Å². The van der Waals surface area contributed by atoms with E-state index >= 15 is 0 Å². The van der Waals surface area contributed by atoms with Gasteiger partial charge in [-0.05, 0) is 80.3 Å². The lowest BCUT2D eigenvalue weighted by Crippen LogP contribution is -2.45. The van der Waals surface area contributed by atoms with Crippen molar-refractivity contribution in [2.24, 2.45) is 0 Å². The molecule has 0 N–H and O–H groups in total. The van der Waals surface area contributed by atoms with Gasteiger partial charge in [0, 0.05) is 24.7 Å². The molecule has 0 aliphatic carbocycles. The van der Waals surface area contributed by atoms with Gasteiger partial charge in [0.15, 0.2) is 11.5 Å². The molecule has 2 heterocycles. The van der Waals surface area contributed by atoms with Gasteiger partial charge in [-0.1, -0.05) is 17.7 Å². The van der Waals surface area contributed by atoms with Crippen LogP contribution in [0.15, 0.2) is 63.9 Å². The van der Waals surface area contributed by atoms with E-state index in [1.807, 2.05) is 37.3 Å². The number of hydrogen-bond acceptors (Lipinski definition) is 7. The summed E-state index contributed by atoms with van der Waals surface area (Å²) in [7, 11) is -0.850. The second-order valence-electron chi connectivity index (χ2n) is 9.65. The third-order valence-corrected chi connectivity index (χ3v) is 8.89. The van der Waals surface area contributed by atoms with Crippen molar-refractivity contribution in [2.75, 3.05) is 40.5 Å². The number of hydrogen-bond donors (Lipinski definition) is 0. The molecule has 1 amide bonds. The summed E-state index contributed by atoms with van der Waals surface area (Å²) in [5.74, 6) is 2.21. The van der Waals surface area contributed by atoms with Crippen LogP contribution in [0.4, 0.5) is 0 Å². The highest BCUT2D eigenvalue weighted by atomic mass is 35.5. The lowest BCUT2D eigenvalue weighted by atomic mass is 10.1. The summed E-state index contributed by atoms with van der Waals surface area (Å²) in [6, 6.07) is 15.2. The zero-order chi connectivity index (χ0) is 28.7. The van der Waals surface area contributed by atoms with Crippen molar-refractivity contribution in [1.29, 1.82) is 0 Å². The smallest absolute Gasteiger partial charge is 0.243 e. The predicted octanol–water partition coefficient (Wildman–Crippen LogP) is 4.70. The van der Waals surface area contributed by atoms with Crippen molar-refractivity contribution in [3.8, 4) is 11.5 Å². The highest BCUT2D eigenvalue weighted by Crippen LogP contribution is 2.28. The fourth-order valence-electron chi connectivity index (χ4n) is 4.62. The molecule has 40 heavy (non-hydrogen) atoms. The summed E-state index contributed by atoms with van der Waals surface area (Å²) >= 11 is 5.99. The van der Waals surface area contributed by atoms with E-state index in [4.69, 9.17) is 30.2 Å². The van der Waals surface area contributed by atoms with Crippen molar-refractivity contribution in [3.05, 3.63) is 76.7 Å². The monoisotopic (exact) mass is 590 g/mol. The summed E-state index contributed by atoms with van der Waals surface area (Å²) < 4.78 is 50.8. The number of nitrogens with zero attached hydrogens (tertiary/aromatic N) is 2. The highest BCUT2D eigenvalue weighted by molar-refractivity contribution is 7.89. The Hall–Kier alpha value is -3.05. The fraction of sp³-hybridized carbons (Fsp3) is 0.414. The number of aryl methyl sites for hydroxylation is 1. The minimum atomic E-state index is -3.99. The van der Waals surface area contributed by atoms with Crippen LogP contribution in [0, 0.1) is 6.92 Å². The number of carbonyl (C=O) groups is 1. The standard InChI is InChI=1S/C29H35ClN2O7S/c1-21-6-10-25(39-21)18-31(15-14-22-7-13-27(36-2)28(17-22)37-3)29(33)20-32(19-24-5-4-16-38-24)40(34,35)26-11-8-23(30)9-12-26/h6-13,17,24H,4-5,14-16,18-20H2,1-3H3/t24-/m1/s1. The maximum absolute atomic E-state index is 13.8. The van der Waals surface area contributed by atoms with Crippen LogP contribution < -0.4 is 9.47 Å². The molecule has 1 aromatic heterocycles. The Kier molecular flexibility index (Phi) is 10.1. The van der Waals surface area contributed by atoms with Crippen LogP contribution in [-0.2, 0) is 32.5 Å². The maximum Gasteiger partial charge on any atom is 0.243 e. The molecule has 1 atom stereocenters. The van der Waals surface area contributed by atoms with Gasteiger partial charge in [-0.15, -0.1) is 0 Å². The molecule has 4 rings (SSSR count).